The molecule has 2 rings (SSSR count). The summed E-state index contributed by atoms with van der Waals surface area (Å²) in [6.07, 6.45) is 2.56. The zero-order valence-electron chi connectivity index (χ0n) is 10.5. The van der Waals surface area contributed by atoms with Crippen molar-refractivity contribution in [1.29, 1.82) is 0 Å². The summed E-state index contributed by atoms with van der Waals surface area (Å²) in [6.45, 7) is 2.09. The zero-order valence-corrected chi connectivity index (χ0v) is 10.5. The number of aryl methyl sites for hydroxylation is 1. The summed E-state index contributed by atoms with van der Waals surface area (Å²) in [5, 5.41) is 0. The van der Waals surface area contributed by atoms with Crippen molar-refractivity contribution in [3.8, 4) is 17.4 Å². The topological polar surface area (TPSA) is 57.4 Å². The smallest absolute Gasteiger partial charge is 0.221 e. The third-order valence-corrected chi connectivity index (χ3v) is 2.61. The molecule has 0 spiro atoms. The molecule has 0 saturated heterocycles. The Morgan fingerprint density at radius 1 is 1.17 bits per heavy atom. The van der Waals surface area contributed by atoms with E-state index in [4.69, 9.17) is 15.2 Å². The van der Waals surface area contributed by atoms with Gasteiger partial charge < -0.3 is 15.2 Å². The predicted molar refractivity (Wildman–Crippen MR) is 71.1 cm³/mol. The van der Waals surface area contributed by atoms with Crippen molar-refractivity contribution in [2.45, 2.75) is 13.3 Å². The van der Waals surface area contributed by atoms with Crippen molar-refractivity contribution in [3.05, 3.63) is 42.1 Å². The van der Waals surface area contributed by atoms with E-state index < -0.39 is 0 Å². The van der Waals surface area contributed by atoms with E-state index in [0.717, 1.165) is 6.42 Å². The number of aromatic nitrogens is 1. The van der Waals surface area contributed by atoms with E-state index in [9.17, 15) is 0 Å². The molecule has 0 aliphatic heterocycles. The Morgan fingerprint density at radius 2 is 2.00 bits per heavy atom. The molecule has 0 bridgehead atoms. The van der Waals surface area contributed by atoms with Gasteiger partial charge in [0.05, 0.1) is 7.11 Å². The molecule has 0 aliphatic carbocycles. The van der Waals surface area contributed by atoms with Crippen LogP contribution in [0.3, 0.4) is 0 Å². The number of nitrogen functional groups attached to an aromatic ring is 1. The van der Waals surface area contributed by atoms with E-state index in [1.165, 1.54) is 5.56 Å². The van der Waals surface area contributed by atoms with Gasteiger partial charge in [-0.2, -0.15) is 0 Å². The van der Waals surface area contributed by atoms with E-state index >= 15 is 0 Å². The molecule has 94 valence electrons. The second-order valence-electron chi connectivity index (χ2n) is 3.87. The van der Waals surface area contributed by atoms with Crippen molar-refractivity contribution in [1.82, 2.24) is 4.98 Å². The lowest BCUT2D eigenvalue weighted by Gasteiger charge is -2.11. The summed E-state index contributed by atoms with van der Waals surface area (Å²) < 4.78 is 11.0. The first-order chi connectivity index (χ1) is 8.72. The van der Waals surface area contributed by atoms with E-state index in [1.54, 1.807) is 25.4 Å². The monoisotopic (exact) mass is 244 g/mol. The highest BCUT2D eigenvalue weighted by Gasteiger charge is 2.07. The second kappa shape index (κ2) is 5.40. The summed E-state index contributed by atoms with van der Waals surface area (Å²) in [7, 11) is 1.62. The molecule has 0 amide bonds. The molecule has 2 aromatic rings. The van der Waals surface area contributed by atoms with Crippen LogP contribution in [0.5, 0.6) is 17.4 Å². The van der Waals surface area contributed by atoms with E-state index in [0.29, 0.717) is 23.1 Å². The van der Waals surface area contributed by atoms with Gasteiger partial charge in [-0.05, 0) is 30.2 Å². The highest BCUT2D eigenvalue weighted by molar-refractivity contribution is 5.46. The summed E-state index contributed by atoms with van der Waals surface area (Å²) in [6, 6.07) is 9.23. The fourth-order valence-electron chi connectivity index (χ4n) is 1.61. The lowest BCUT2D eigenvalue weighted by molar-refractivity contribution is 0.374. The molecule has 18 heavy (non-hydrogen) atoms. The number of pyridine rings is 1. The first-order valence-corrected chi connectivity index (χ1v) is 5.79. The molecule has 4 nitrogen and oxygen atoms in total. The Labute approximate surface area is 106 Å². The minimum absolute atomic E-state index is 0.456. The quantitative estimate of drug-likeness (QED) is 0.898. The molecule has 4 heteroatoms. The van der Waals surface area contributed by atoms with Gasteiger partial charge in [-0.15, -0.1) is 0 Å². The van der Waals surface area contributed by atoms with Crippen LogP contribution in [-0.4, -0.2) is 12.1 Å². The Bertz CT molecular complexity index is 541. The number of hydrogen-bond acceptors (Lipinski definition) is 4. The van der Waals surface area contributed by atoms with Crippen molar-refractivity contribution < 1.29 is 9.47 Å². The van der Waals surface area contributed by atoms with Crippen LogP contribution in [0.4, 0.5) is 5.69 Å². The van der Waals surface area contributed by atoms with Crippen LogP contribution in [0, 0.1) is 0 Å². The Balaban J connectivity index is 2.28. The molecular weight excluding hydrogens is 228 g/mol. The molecule has 0 fully saturated rings. The van der Waals surface area contributed by atoms with Gasteiger partial charge in [0.2, 0.25) is 5.88 Å². The van der Waals surface area contributed by atoms with Crippen LogP contribution in [0.1, 0.15) is 12.5 Å². The lowest BCUT2D eigenvalue weighted by Crippen LogP contribution is -1.94. The van der Waals surface area contributed by atoms with E-state index in [-0.39, 0.29) is 0 Å². The van der Waals surface area contributed by atoms with Gasteiger partial charge in [-0.3, -0.25) is 0 Å². The molecule has 2 N–H and O–H groups in total. The third kappa shape index (κ3) is 2.71. The maximum absolute atomic E-state index is 5.68. The maximum atomic E-state index is 5.68. The highest BCUT2D eigenvalue weighted by Crippen LogP contribution is 2.32. The molecular formula is C14H16N2O2. The van der Waals surface area contributed by atoms with Crippen LogP contribution < -0.4 is 15.2 Å². The second-order valence-corrected chi connectivity index (χ2v) is 3.87. The van der Waals surface area contributed by atoms with Crippen LogP contribution in [0.25, 0.3) is 0 Å². The minimum Gasteiger partial charge on any atom is -0.493 e. The van der Waals surface area contributed by atoms with E-state index in [1.807, 2.05) is 18.2 Å². The minimum atomic E-state index is 0.456. The maximum Gasteiger partial charge on any atom is 0.221 e. The third-order valence-electron chi connectivity index (χ3n) is 2.61. The number of anilines is 1. The number of nitrogens with zero attached hydrogens (tertiary/aromatic N) is 1. The van der Waals surface area contributed by atoms with Gasteiger partial charge >= 0.3 is 0 Å². The van der Waals surface area contributed by atoms with Crippen LogP contribution in [-0.2, 0) is 6.42 Å². The van der Waals surface area contributed by atoms with Crippen molar-refractivity contribution in [2.75, 3.05) is 12.8 Å². The van der Waals surface area contributed by atoms with Gasteiger partial charge in [0.25, 0.3) is 0 Å². The van der Waals surface area contributed by atoms with Crippen molar-refractivity contribution >= 4 is 5.69 Å². The molecule has 0 radical (unpaired) electrons. The summed E-state index contributed by atoms with van der Waals surface area (Å²) in [5.74, 6) is 1.78. The normalized spacial score (nSPS) is 10.1. The zero-order chi connectivity index (χ0) is 13.0. The average molecular weight is 244 g/mol. The first kappa shape index (κ1) is 12.2. The van der Waals surface area contributed by atoms with Crippen LogP contribution >= 0.6 is 0 Å². The van der Waals surface area contributed by atoms with Crippen LogP contribution in [0.15, 0.2) is 36.5 Å². The molecule has 0 aliphatic rings. The van der Waals surface area contributed by atoms with E-state index in [2.05, 4.69) is 11.9 Å². The summed E-state index contributed by atoms with van der Waals surface area (Å²) in [5.41, 5.74) is 7.49. The van der Waals surface area contributed by atoms with Gasteiger partial charge in [-0.1, -0.05) is 13.0 Å². The fraction of sp³-hybridized carbons (Fsp3) is 0.214. The number of methoxy groups -OCH3 is 1. The van der Waals surface area contributed by atoms with Crippen LogP contribution in [0.2, 0.25) is 0 Å². The number of ether oxygens (including phenoxy) is 2. The predicted octanol–water partition coefficient (Wildman–Crippen LogP) is 3.03. The fourth-order valence-corrected chi connectivity index (χ4v) is 1.61. The largest absolute Gasteiger partial charge is 0.493 e. The SMILES string of the molecule is CCc1ccc(Oc2cc(N)ccn2)c(OC)c1. The summed E-state index contributed by atoms with van der Waals surface area (Å²) >= 11 is 0. The van der Waals surface area contributed by atoms with Crippen molar-refractivity contribution in [2.24, 2.45) is 0 Å². The molecule has 0 atom stereocenters. The molecule has 0 saturated carbocycles. The van der Waals surface area contributed by atoms with Crippen molar-refractivity contribution in [3.63, 3.8) is 0 Å². The lowest BCUT2D eigenvalue weighted by atomic mass is 10.1. The standard InChI is InChI=1S/C14H16N2O2/c1-3-10-4-5-12(13(8-10)17-2)18-14-9-11(15)6-7-16-14/h4-9H,3H2,1-2H3,(H2,15,16). The Kier molecular flexibility index (Phi) is 3.67. The average Bonchev–Trinajstić information content (AvgIpc) is 2.39. The Morgan fingerprint density at radius 3 is 2.67 bits per heavy atom. The van der Waals surface area contributed by atoms with Gasteiger partial charge in [-0.25, -0.2) is 4.98 Å². The van der Waals surface area contributed by atoms with Gasteiger partial charge in [0, 0.05) is 18.0 Å². The Hall–Kier alpha value is -2.23. The molecule has 0 unspecified atom stereocenters. The number of hydrogen-bond donors (Lipinski definition) is 1. The first-order valence-electron chi connectivity index (χ1n) is 5.79. The van der Waals surface area contributed by atoms with Gasteiger partial charge in [0.1, 0.15) is 0 Å². The molecule has 1 aromatic heterocycles. The molecule has 1 aromatic carbocycles. The number of rotatable bonds is 4. The summed E-state index contributed by atoms with van der Waals surface area (Å²) in [4.78, 5) is 4.10. The van der Waals surface area contributed by atoms with Gasteiger partial charge in [0.15, 0.2) is 11.5 Å². The highest BCUT2D eigenvalue weighted by atomic mass is 16.5. The number of benzene rings is 1. The number of nitrogens with two attached hydrogens (primary N) is 1. The molecule has 1 heterocycles.